The van der Waals surface area contributed by atoms with E-state index in [2.05, 4.69) is 0 Å². The molecule has 0 aliphatic rings. The zero-order valence-electron chi connectivity index (χ0n) is 6.38. The van der Waals surface area contributed by atoms with Crippen LogP contribution < -0.4 is 5.63 Å². The first-order valence-corrected chi connectivity index (χ1v) is 4.63. The predicted octanol–water partition coefficient (Wildman–Crippen LogP) is 2.54. The summed E-state index contributed by atoms with van der Waals surface area (Å²) >= 11 is 1.88. The van der Waals surface area contributed by atoms with Gasteiger partial charge in [0.25, 0.3) is 0 Å². The van der Waals surface area contributed by atoms with Crippen molar-refractivity contribution in [2.45, 2.75) is 0 Å². The van der Waals surface area contributed by atoms with Crippen LogP contribution in [0.4, 0.5) is 4.39 Å². The molecule has 0 saturated carbocycles. The Bertz CT molecular complexity index is 518. The van der Waals surface area contributed by atoms with Gasteiger partial charge in [-0.2, -0.15) is 0 Å². The monoisotopic (exact) mass is 290 g/mol. The van der Waals surface area contributed by atoms with Crippen LogP contribution in [-0.2, 0) is 0 Å². The van der Waals surface area contributed by atoms with Gasteiger partial charge in [-0.1, -0.05) is 0 Å². The summed E-state index contributed by atoms with van der Waals surface area (Å²) < 4.78 is 18.1. The Morgan fingerprint density at radius 3 is 2.85 bits per heavy atom. The topological polar surface area (TPSA) is 30.2 Å². The lowest BCUT2D eigenvalue weighted by Crippen LogP contribution is -2.01. The van der Waals surface area contributed by atoms with Gasteiger partial charge in [0, 0.05) is 11.5 Å². The average Bonchev–Trinajstić information content (AvgIpc) is 2.08. The Morgan fingerprint density at radius 1 is 1.31 bits per heavy atom. The van der Waals surface area contributed by atoms with Crippen LogP contribution in [0, 0.1) is 9.39 Å². The Hall–Kier alpha value is -0.910. The van der Waals surface area contributed by atoms with Crippen LogP contribution in [0.5, 0.6) is 0 Å². The Kier molecular flexibility index (Phi) is 2.07. The van der Waals surface area contributed by atoms with Gasteiger partial charge in [-0.15, -0.1) is 0 Å². The van der Waals surface area contributed by atoms with Gasteiger partial charge in [-0.25, -0.2) is 9.18 Å². The second-order valence-corrected chi connectivity index (χ2v) is 3.73. The van der Waals surface area contributed by atoms with Crippen LogP contribution in [-0.4, -0.2) is 0 Å². The van der Waals surface area contributed by atoms with Crippen molar-refractivity contribution in [3.05, 3.63) is 44.1 Å². The number of hydrogen-bond acceptors (Lipinski definition) is 2. The Morgan fingerprint density at radius 2 is 2.08 bits per heavy atom. The van der Waals surface area contributed by atoms with Crippen LogP contribution in [0.3, 0.4) is 0 Å². The number of halogens is 2. The first-order chi connectivity index (χ1) is 6.16. The van der Waals surface area contributed by atoms with E-state index in [1.807, 2.05) is 22.6 Å². The van der Waals surface area contributed by atoms with Crippen molar-refractivity contribution < 1.29 is 8.81 Å². The molecule has 0 N–H and O–H groups in total. The molecule has 0 atom stereocenters. The lowest BCUT2D eigenvalue weighted by molar-refractivity contribution is 0.549. The van der Waals surface area contributed by atoms with E-state index in [0.717, 1.165) is 5.39 Å². The summed E-state index contributed by atoms with van der Waals surface area (Å²) in [5.41, 5.74) is -0.149. The molecule has 0 saturated heterocycles. The molecule has 1 aromatic heterocycles. The molecule has 0 unspecified atom stereocenters. The van der Waals surface area contributed by atoms with E-state index < -0.39 is 11.4 Å². The summed E-state index contributed by atoms with van der Waals surface area (Å²) in [7, 11) is 0. The van der Waals surface area contributed by atoms with E-state index in [4.69, 9.17) is 4.42 Å². The summed E-state index contributed by atoms with van der Waals surface area (Å²) in [6, 6.07) is 5.78. The largest absolute Gasteiger partial charge is 0.422 e. The molecule has 1 heterocycles. The molecule has 0 spiro atoms. The predicted molar refractivity (Wildman–Crippen MR) is 55.2 cm³/mol. The standard InChI is InChI=1S/C9H4FIO2/c10-6-2-1-5-3-7(11)9(12)13-8(5)4-6/h1-4H. The third-order valence-corrected chi connectivity index (χ3v) is 2.41. The van der Waals surface area contributed by atoms with Gasteiger partial charge in [-0.05, 0) is 40.8 Å². The fourth-order valence-corrected chi connectivity index (χ4v) is 1.51. The first-order valence-electron chi connectivity index (χ1n) is 3.56. The highest BCUT2D eigenvalue weighted by atomic mass is 127. The zero-order valence-corrected chi connectivity index (χ0v) is 8.54. The van der Waals surface area contributed by atoms with E-state index >= 15 is 0 Å². The molecule has 2 rings (SSSR count). The zero-order chi connectivity index (χ0) is 9.42. The van der Waals surface area contributed by atoms with Crippen molar-refractivity contribution in [3.8, 4) is 0 Å². The smallest absolute Gasteiger partial charge is 0.349 e. The highest BCUT2D eigenvalue weighted by molar-refractivity contribution is 14.1. The van der Waals surface area contributed by atoms with E-state index in [9.17, 15) is 9.18 Å². The molecular weight excluding hydrogens is 286 g/mol. The summed E-state index contributed by atoms with van der Waals surface area (Å²) in [5, 5.41) is 0.727. The Balaban J connectivity index is 2.89. The number of fused-ring (bicyclic) bond motifs is 1. The van der Waals surface area contributed by atoms with Crippen molar-refractivity contribution in [1.29, 1.82) is 0 Å². The van der Waals surface area contributed by atoms with E-state index in [1.54, 1.807) is 12.1 Å². The van der Waals surface area contributed by atoms with Gasteiger partial charge in [-0.3, -0.25) is 0 Å². The van der Waals surface area contributed by atoms with Crippen LogP contribution >= 0.6 is 22.6 Å². The van der Waals surface area contributed by atoms with Crippen molar-refractivity contribution in [2.24, 2.45) is 0 Å². The molecular formula is C9H4FIO2. The van der Waals surface area contributed by atoms with Crippen LogP contribution in [0.15, 0.2) is 33.5 Å². The van der Waals surface area contributed by atoms with E-state index in [1.165, 1.54) is 12.1 Å². The van der Waals surface area contributed by atoms with Crippen molar-refractivity contribution in [1.82, 2.24) is 0 Å². The minimum absolute atomic E-state index is 0.283. The van der Waals surface area contributed by atoms with Gasteiger partial charge in [0.2, 0.25) is 0 Å². The maximum absolute atomic E-state index is 12.7. The minimum atomic E-state index is -0.432. The number of rotatable bonds is 0. The van der Waals surface area contributed by atoms with Crippen molar-refractivity contribution in [3.63, 3.8) is 0 Å². The van der Waals surface area contributed by atoms with Gasteiger partial charge in [0.15, 0.2) is 0 Å². The molecule has 0 aliphatic carbocycles. The highest BCUT2D eigenvalue weighted by Crippen LogP contribution is 2.15. The summed E-state index contributed by atoms with van der Waals surface area (Å²) in [5.74, 6) is -0.406. The second kappa shape index (κ2) is 3.10. The maximum Gasteiger partial charge on any atom is 0.349 e. The first kappa shape index (κ1) is 8.68. The summed E-state index contributed by atoms with van der Waals surface area (Å²) in [4.78, 5) is 11.0. The SMILES string of the molecule is O=c1oc2cc(F)ccc2cc1I. The third kappa shape index (κ3) is 1.58. The van der Waals surface area contributed by atoms with Crippen molar-refractivity contribution in [2.75, 3.05) is 0 Å². The van der Waals surface area contributed by atoms with E-state index in [-0.39, 0.29) is 5.58 Å². The second-order valence-electron chi connectivity index (χ2n) is 2.56. The van der Waals surface area contributed by atoms with E-state index in [0.29, 0.717) is 3.57 Å². The Labute approximate surface area is 86.5 Å². The highest BCUT2D eigenvalue weighted by Gasteiger charge is 2.02. The van der Waals surface area contributed by atoms with Crippen LogP contribution in [0.2, 0.25) is 0 Å². The van der Waals surface area contributed by atoms with Crippen LogP contribution in [0.1, 0.15) is 0 Å². The number of hydrogen-bond donors (Lipinski definition) is 0. The molecule has 0 bridgehead atoms. The summed E-state index contributed by atoms with van der Waals surface area (Å²) in [6.07, 6.45) is 0. The van der Waals surface area contributed by atoms with Crippen molar-refractivity contribution >= 4 is 33.6 Å². The quantitative estimate of drug-likeness (QED) is 0.551. The fourth-order valence-electron chi connectivity index (χ4n) is 1.06. The molecule has 2 aromatic rings. The average molecular weight is 290 g/mol. The minimum Gasteiger partial charge on any atom is -0.422 e. The molecule has 0 radical (unpaired) electrons. The molecule has 66 valence electrons. The third-order valence-electron chi connectivity index (χ3n) is 1.66. The molecule has 4 heteroatoms. The van der Waals surface area contributed by atoms with Gasteiger partial charge in [0.05, 0.1) is 3.57 Å². The number of benzene rings is 1. The van der Waals surface area contributed by atoms with Gasteiger partial charge >= 0.3 is 5.63 Å². The van der Waals surface area contributed by atoms with Crippen LogP contribution in [0.25, 0.3) is 11.0 Å². The molecule has 13 heavy (non-hydrogen) atoms. The molecule has 0 aliphatic heterocycles. The molecule has 0 amide bonds. The lowest BCUT2D eigenvalue weighted by Gasteiger charge is -1.96. The molecule has 2 nitrogen and oxygen atoms in total. The lowest BCUT2D eigenvalue weighted by atomic mass is 10.2. The summed E-state index contributed by atoms with van der Waals surface area (Å²) in [6.45, 7) is 0. The van der Waals surface area contributed by atoms with Gasteiger partial charge in [0.1, 0.15) is 11.4 Å². The normalized spacial score (nSPS) is 10.6. The molecule has 1 aromatic carbocycles. The van der Waals surface area contributed by atoms with Gasteiger partial charge < -0.3 is 4.42 Å². The maximum atomic E-state index is 12.7. The fraction of sp³-hybridized carbons (Fsp3) is 0. The molecule has 0 fully saturated rings.